The summed E-state index contributed by atoms with van der Waals surface area (Å²) in [5.74, 6) is -0.294. The van der Waals surface area contributed by atoms with E-state index in [4.69, 9.17) is 0 Å². The topological polar surface area (TPSA) is 87.7 Å². The van der Waals surface area contributed by atoms with E-state index in [1.54, 1.807) is 25.3 Å². The van der Waals surface area contributed by atoms with Crippen molar-refractivity contribution in [3.05, 3.63) is 40.7 Å². The summed E-state index contributed by atoms with van der Waals surface area (Å²) in [5, 5.41) is 2.48. The number of anilines is 1. The predicted molar refractivity (Wildman–Crippen MR) is 67.1 cm³/mol. The number of carbonyl (C=O) groups is 1. The normalized spacial score (nSPS) is 10.1. The number of hydrogen-bond acceptors (Lipinski definition) is 4. The fraction of sp³-hybridized carbons (Fsp3) is 0.167. The van der Waals surface area contributed by atoms with Crippen LogP contribution in [0, 0.1) is 6.92 Å². The van der Waals surface area contributed by atoms with Gasteiger partial charge in [0, 0.05) is 24.4 Å². The second kappa shape index (κ2) is 4.79. The summed E-state index contributed by atoms with van der Waals surface area (Å²) in [7, 11) is 0. The molecule has 0 unspecified atom stereocenters. The van der Waals surface area contributed by atoms with Gasteiger partial charge in [0.25, 0.3) is 5.56 Å². The zero-order chi connectivity index (χ0) is 13.1. The molecule has 18 heavy (non-hydrogen) atoms. The maximum absolute atomic E-state index is 11.7. The Morgan fingerprint density at radius 1 is 1.44 bits per heavy atom. The van der Waals surface area contributed by atoms with Gasteiger partial charge in [-0.2, -0.15) is 0 Å². The molecule has 92 valence electrons. The van der Waals surface area contributed by atoms with Crippen molar-refractivity contribution in [2.24, 2.45) is 0 Å². The van der Waals surface area contributed by atoms with Gasteiger partial charge in [0.05, 0.1) is 5.69 Å². The number of rotatable bonds is 2. The maximum Gasteiger partial charge on any atom is 0.271 e. The number of nitrogens with zero attached hydrogens (tertiary/aromatic N) is 2. The third-order valence-electron chi connectivity index (χ3n) is 2.41. The highest BCUT2D eigenvalue weighted by Gasteiger charge is 2.09. The highest BCUT2D eigenvalue weighted by atomic mass is 16.2. The molecule has 2 N–H and O–H groups in total. The minimum atomic E-state index is -0.333. The number of amides is 1. The SMILES string of the molecule is CC(=O)Nc1cc(-c2ccncn2)c(C)[nH]c1=O. The molecule has 0 aliphatic carbocycles. The summed E-state index contributed by atoms with van der Waals surface area (Å²) >= 11 is 0. The average molecular weight is 244 g/mol. The monoisotopic (exact) mass is 244 g/mol. The zero-order valence-corrected chi connectivity index (χ0v) is 10.0. The number of aromatic amines is 1. The molecule has 2 heterocycles. The van der Waals surface area contributed by atoms with Gasteiger partial charge in [0.2, 0.25) is 5.91 Å². The van der Waals surface area contributed by atoms with Crippen molar-refractivity contribution in [2.45, 2.75) is 13.8 Å². The van der Waals surface area contributed by atoms with E-state index in [0.717, 1.165) is 5.56 Å². The number of hydrogen-bond donors (Lipinski definition) is 2. The largest absolute Gasteiger partial charge is 0.324 e. The van der Waals surface area contributed by atoms with E-state index in [1.807, 2.05) is 0 Å². The van der Waals surface area contributed by atoms with E-state index < -0.39 is 0 Å². The van der Waals surface area contributed by atoms with E-state index in [2.05, 4.69) is 20.3 Å². The summed E-state index contributed by atoms with van der Waals surface area (Å²) in [6.45, 7) is 3.13. The van der Waals surface area contributed by atoms with Gasteiger partial charge < -0.3 is 10.3 Å². The van der Waals surface area contributed by atoms with Crippen LogP contribution >= 0.6 is 0 Å². The van der Waals surface area contributed by atoms with E-state index in [9.17, 15) is 9.59 Å². The summed E-state index contributed by atoms with van der Waals surface area (Å²) < 4.78 is 0. The molecule has 0 radical (unpaired) electrons. The number of pyridine rings is 1. The van der Waals surface area contributed by atoms with E-state index in [0.29, 0.717) is 11.4 Å². The van der Waals surface area contributed by atoms with Crippen molar-refractivity contribution >= 4 is 11.6 Å². The Morgan fingerprint density at radius 3 is 2.83 bits per heavy atom. The van der Waals surface area contributed by atoms with Crippen LogP contribution in [0.15, 0.2) is 29.5 Å². The highest BCUT2D eigenvalue weighted by Crippen LogP contribution is 2.20. The molecule has 0 saturated carbocycles. The molecule has 6 nitrogen and oxygen atoms in total. The van der Waals surface area contributed by atoms with Crippen molar-refractivity contribution in [1.82, 2.24) is 15.0 Å². The lowest BCUT2D eigenvalue weighted by Crippen LogP contribution is -2.18. The second-order valence-electron chi connectivity index (χ2n) is 3.83. The van der Waals surface area contributed by atoms with Gasteiger partial charge >= 0.3 is 0 Å². The van der Waals surface area contributed by atoms with Gasteiger partial charge in [-0.05, 0) is 19.1 Å². The van der Waals surface area contributed by atoms with Gasteiger partial charge in [-0.15, -0.1) is 0 Å². The minimum Gasteiger partial charge on any atom is -0.324 e. The van der Waals surface area contributed by atoms with Crippen LogP contribution in [0.5, 0.6) is 0 Å². The molecule has 6 heteroatoms. The molecule has 2 aromatic heterocycles. The quantitative estimate of drug-likeness (QED) is 0.828. The Kier molecular flexibility index (Phi) is 3.18. The Bertz CT molecular complexity index is 634. The predicted octanol–water partition coefficient (Wildman–Crippen LogP) is 1.10. The molecule has 2 rings (SSSR count). The first-order chi connectivity index (χ1) is 8.58. The molecule has 0 spiro atoms. The van der Waals surface area contributed by atoms with Crippen molar-refractivity contribution in [3.8, 4) is 11.3 Å². The van der Waals surface area contributed by atoms with Crippen molar-refractivity contribution < 1.29 is 4.79 Å². The lowest BCUT2D eigenvalue weighted by Gasteiger charge is -2.07. The Labute approximate surface area is 103 Å². The molecule has 2 aromatic rings. The number of nitrogens with one attached hydrogen (secondary N) is 2. The third kappa shape index (κ3) is 2.42. The van der Waals surface area contributed by atoms with E-state index in [-0.39, 0.29) is 17.2 Å². The summed E-state index contributed by atoms with van der Waals surface area (Å²) in [6.07, 6.45) is 3.04. The Balaban J connectivity index is 2.55. The molecule has 1 amide bonds. The summed E-state index contributed by atoms with van der Waals surface area (Å²) in [5.41, 5.74) is 2.00. The molecule has 0 saturated heterocycles. The first kappa shape index (κ1) is 12.0. The van der Waals surface area contributed by atoms with Gasteiger partial charge in [-0.25, -0.2) is 9.97 Å². The standard InChI is InChI=1S/C12H12N4O2/c1-7-9(10-3-4-13-6-14-10)5-11(12(18)15-7)16-8(2)17/h3-6H,1-2H3,(H,15,18)(H,16,17). The first-order valence-corrected chi connectivity index (χ1v) is 5.36. The molecule has 0 atom stereocenters. The molecular formula is C12H12N4O2. The second-order valence-corrected chi connectivity index (χ2v) is 3.83. The first-order valence-electron chi connectivity index (χ1n) is 5.36. The molecule has 0 bridgehead atoms. The summed E-state index contributed by atoms with van der Waals surface area (Å²) in [4.78, 5) is 33.3. The van der Waals surface area contributed by atoms with E-state index in [1.165, 1.54) is 13.3 Å². The van der Waals surface area contributed by atoms with Crippen LogP contribution in [0.4, 0.5) is 5.69 Å². The summed E-state index contributed by atoms with van der Waals surface area (Å²) in [6, 6.07) is 3.34. The number of carbonyl (C=O) groups excluding carboxylic acids is 1. The number of aryl methyl sites for hydroxylation is 1. The van der Waals surface area contributed by atoms with Crippen molar-refractivity contribution in [3.63, 3.8) is 0 Å². The minimum absolute atomic E-state index is 0.210. The molecule has 0 fully saturated rings. The molecular weight excluding hydrogens is 232 g/mol. The third-order valence-corrected chi connectivity index (χ3v) is 2.41. The molecule has 0 aliphatic rings. The van der Waals surface area contributed by atoms with Crippen molar-refractivity contribution in [1.29, 1.82) is 0 Å². The van der Waals surface area contributed by atoms with Crippen LogP contribution in [0.3, 0.4) is 0 Å². The lowest BCUT2D eigenvalue weighted by molar-refractivity contribution is -0.114. The average Bonchev–Trinajstić information content (AvgIpc) is 2.33. The van der Waals surface area contributed by atoms with E-state index >= 15 is 0 Å². The van der Waals surface area contributed by atoms with Crippen LogP contribution in [0.2, 0.25) is 0 Å². The fourth-order valence-electron chi connectivity index (χ4n) is 1.62. The van der Waals surface area contributed by atoms with Crippen molar-refractivity contribution in [2.75, 3.05) is 5.32 Å². The van der Waals surface area contributed by atoms with Gasteiger partial charge in [-0.1, -0.05) is 0 Å². The van der Waals surface area contributed by atoms with Crippen LogP contribution in [-0.4, -0.2) is 20.9 Å². The van der Waals surface area contributed by atoms with Crippen LogP contribution in [0.1, 0.15) is 12.6 Å². The Hall–Kier alpha value is -2.50. The fourth-order valence-corrected chi connectivity index (χ4v) is 1.62. The zero-order valence-electron chi connectivity index (χ0n) is 10.0. The van der Waals surface area contributed by atoms with Gasteiger partial charge in [-0.3, -0.25) is 9.59 Å². The highest BCUT2D eigenvalue weighted by molar-refractivity contribution is 5.89. The van der Waals surface area contributed by atoms with Gasteiger partial charge in [0.1, 0.15) is 12.0 Å². The Morgan fingerprint density at radius 2 is 2.22 bits per heavy atom. The smallest absolute Gasteiger partial charge is 0.271 e. The number of aromatic nitrogens is 3. The maximum atomic E-state index is 11.7. The lowest BCUT2D eigenvalue weighted by atomic mass is 10.1. The number of H-pyrrole nitrogens is 1. The molecule has 0 aliphatic heterocycles. The van der Waals surface area contributed by atoms with Crippen LogP contribution in [-0.2, 0) is 4.79 Å². The molecule has 0 aromatic carbocycles. The van der Waals surface area contributed by atoms with Gasteiger partial charge in [0.15, 0.2) is 0 Å². The van der Waals surface area contributed by atoms with Crippen LogP contribution < -0.4 is 10.9 Å². The van der Waals surface area contributed by atoms with Crippen LogP contribution in [0.25, 0.3) is 11.3 Å².